The number of aryl methyl sites for hydroxylation is 1. The summed E-state index contributed by atoms with van der Waals surface area (Å²) in [6.07, 6.45) is 1.79. The average Bonchev–Trinajstić information content (AvgIpc) is 2.62. The van der Waals surface area contributed by atoms with Crippen molar-refractivity contribution in [3.05, 3.63) is 59.0 Å². The fraction of sp³-hybridized carbons (Fsp3) is 0.400. The van der Waals surface area contributed by atoms with E-state index in [1.807, 2.05) is 51.0 Å². The number of hydrogen-bond acceptors (Lipinski definition) is 3. The van der Waals surface area contributed by atoms with E-state index in [1.165, 1.54) is 0 Å². The minimum Gasteiger partial charge on any atom is -0.363 e. The van der Waals surface area contributed by atoms with Gasteiger partial charge in [0.2, 0.25) is 0 Å². The van der Waals surface area contributed by atoms with Crippen LogP contribution < -0.4 is 15.5 Å². The zero-order valence-corrected chi connectivity index (χ0v) is 18.9. The van der Waals surface area contributed by atoms with Gasteiger partial charge in [-0.25, -0.2) is 14.4 Å². The molecule has 0 aliphatic heterocycles. The number of hydrogen-bond donors (Lipinski definition) is 2. The lowest BCUT2D eigenvalue weighted by molar-refractivity contribution is 0.607. The van der Waals surface area contributed by atoms with E-state index in [9.17, 15) is 4.39 Å². The zero-order chi connectivity index (χ0) is 19.1. The molecule has 0 saturated heterocycles. The van der Waals surface area contributed by atoms with Crippen molar-refractivity contribution in [1.82, 2.24) is 15.6 Å². The van der Waals surface area contributed by atoms with E-state index < -0.39 is 0 Å². The van der Waals surface area contributed by atoms with Crippen LogP contribution in [-0.4, -0.2) is 31.6 Å². The summed E-state index contributed by atoms with van der Waals surface area (Å²) in [5.41, 5.74) is 2.61. The van der Waals surface area contributed by atoms with Crippen molar-refractivity contribution < 1.29 is 4.39 Å². The highest BCUT2D eigenvalue weighted by Gasteiger charge is 2.10. The summed E-state index contributed by atoms with van der Waals surface area (Å²) >= 11 is 0. The summed E-state index contributed by atoms with van der Waals surface area (Å²) in [6.45, 7) is 7.06. The van der Waals surface area contributed by atoms with Gasteiger partial charge in [0.1, 0.15) is 11.6 Å². The lowest BCUT2D eigenvalue weighted by Gasteiger charge is -2.19. The predicted molar refractivity (Wildman–Crippen MR) is 121 cm³/mol. The lowest BCUT2D eigenvalue weighted by atomic mass is 10.1. The molecule has 0 fully saturated rings. The molecule has 1 aromatic heterocycles. The van der Waals surface area contributed by atoms with Crippen LogP contribution in [0.4, 0.5) is 10.2 Å². The second-order valence-corrected chi connectivity index (χ2v) is 6.49. The molecule has 0 aliphatic carbocycles. The first-order valence-electron chi connectivity index (χ1n) is 8.83. The number of nitrogens with one attached hydrogen (secondary N) is 2. The van der Waals surface area contributed by atoms with E-state index in [1.54, 1.807) is 25.3 Å². The van der Waals surface area contributed by atoms with Gasteiger partial charge in [-0.05, 0) is 55.7 Å². The summed E-state index contributed by atoms with van der Waals surface area (Å²) < 4.78 is 13.8. The van der Waals surface area contributed by atoms with Crippen LogP contribution in [-0.2, 0) is 6.54 Å². The maximum Gasteiger partial charge on any atom is 0.192 e. The number of benzene rings is 1. The normalized spacial score (nSPS) is 12.1. The fourth-order valence-corrected chi connectivity index (χ4v) is 2.46. The topological polar surface area (TPSA) is 52.6 Å². The molecule has 0 bridgehead atoms. The zero-order valence-electron chi connectivity index (χ0n) is 16.6. The Labute approximate surface area is 178 Å². The average molecular weight is 485 g/mol. The molecule has 0 radical (unpaired) electrons. The molecule has 0 spiro atoms. The van der Waals surface area contributed by atoms with Crippen LogP contribution in [0.3, 0.4) is 0 Å². The maximum atomic E-state index is 13.8. The molecular formula is C20H29FIN5. The number of aromatic nitrogens is 1. The third-order valence-corrected chi connectivity index (χ3v) is 4.08. The summed E-state index contributed by atoms with van der Waals surface area (Å²) in [5, 5.41) is 6.57. The van der Waals surface area contributed by atoms with E-state index in [2.05, 4.69) is 20.6 Å². The molecule has 1 atom stereocenters. The standard InChI is InChI=1S/C20H28FN5.HI/c1-6-22-20(24-13-16-9-10-23-19(11-16)26(4)5)25-15(3)17-8-7-14(2)18(21)12-17;/h7-12,15H,6,13H2,1-5H3,(H2,22,24,25);1H. The van der Waals surface area contributed by atoms with Gasteiger partial charge in [0.05, 0.1) is 12.6 Å². The first-order chi connectivity index (χ1) is 12.4. The molecule has 1 heterocycles. The van der Waals surface area contributed by atoms with Crippen LogP contribution in [0, 0.1) is 12.7 Å². The maximum absolute atomic E-state index is 13.8. The van der Waals surface area contributed by atoms with Crippen molar-refractivity contribution in [3.63, 3.8) is 0 Å². The van der Waals surface area contributed by atoms with Crippen LogP contribution in [0.5, 0.6) is 0 Å². The van der Waals surface area contributed by atoms with Crippen LogP contribution in [0.2, 0.25) is 0 Å². The Hall–Kier alpha value is -1.90. The first-order valence-corrected chi connectivity index (χ1v) is 8.83. The number of pyridine rings is 1. The lowest BCUT2D eigenvalue weighted by Crippen LogP contribution is -2.38. The summed E-state index contributed by atoms with van der Waals surface area (Å²) in [4.78, 5) is 10.9. The molecule has 0 saturated carbocycles. The number of anilines is 1. The minimum absolute atomic E-state index is 0. The Morgan fingerprint density at radius 2 is 2.00 bits per heavy atom. The first kappa shape index (κ1) is 23.1. The van der Waals surface area contributed by atoms with Gasteiger partial charge in [0.25, 0.3) is 0 Å². The van der Waals surface area contributed by atoms with Gasteiger partial charge < -0.3 is 15.5 Å². The van der Waals surface area contributed by atoms with E-state index >= 15 is 0 Å². The summed E-state index contributed by atoms with van der Waals surface area (Å²) in [6, 6.07) is 9.23. The van der Waals surface area contributed by atoms with Crippen LogP contribution >= 0.6 is 24.0 Å². The molecule has 5 nitrogen and oxygen atoms in total. The Bertz CT molecular complexity index is 764. The third kappa shape index (κ3) is 6.97. The van der Waals surface area contributed by atoms with Crippen molar-refractivity contribution in [2.45, 2.75) is 33.4 Å². The number of aliphatic imine (C=N–C) groups is 1. The number of halogens is 2. The van der Waals surface area contributed by atoms with E-state index in [0.717, 1.165) is 23.5 Å². The highest BCUT2D eigenvalue weighted by molar-refractivity contribution is 14.0. The van der Waals surface area contributed by atoms with Crippen molar-refractivity contribution in [1.29, 1.82) is 0 Å². The summed E-state index contributed by atoms with van der Waals surface area (Å²) in [5.74, 6) is 1.41. The number of rotatable bonds is 6. The van der Waals surface area contributed by atoms with E-state index in [4.69, 9.17) is 0 Å². The van der Waals surface area contributed by atoms with Crippen molar-refractivity contribution >= 4 is 35.8 Å². The number of nitrogens with zero attached hydrogens (tertiary/aromatic N) is 3. The van der Waals surface area contributed by atoms with Crippen LogP contribution in [0.1, 0.15) is 36.6 Å². The molecule has 1 aromatic carbocycles. The van der Waals surface area contributed by atoms with Crippen molar-refractivity contribution in [3.8, 4) is 0 Å². The van der Waals surface area contributed by atoms with Gasteiger partial charge in [-0.15, -0.1) is 24.0 Å². The fourth-order valence-electron chi connectivity index (χ4n) is 2.46. The molecule has 148 valence electrons. The smallest absolute Gasteiger partial charge is 0.192 e. The van der Waals surface area contributed by atoms with Gasteiger partial charge in [0, 0.05) is 26.8 Å². The number of guanidine groups is 1. The Kier molecular flexibility index (Phi) is 9.48. The van der Waals surface area contributed by atoms with Crippen LogP contribution in [0.25, 0.3) is 0 Å². The quantitative estimate of drug-likeness (QED) is 0.369. The monoisotopic (exact) mass is 485 g/mol. The second kappa shape index (κ2) is 11.1. The highest BCUT2D eigenvalue weighted by Crippen LogP contribution is 2.16. The van der Waals surface area contributed by atoms with Gasteiger partial charge in [0.15, 0.2) is 5.96 Å². The molecule has 27 heavy (non-hydrogen) atoms. The minimum atomic E-state index is -0.189. The summed E-state index contributed by atoms with van der Waals surface area (Å²) in [7, 11) is 3.92. The van der Waals surface area contributed by atoms with Gasteiger partial charge in [-0.3, -0.25) is 0 Å². The Morgan fingerprint density at radius 1 is 1.26 bits per heavy atom. The highest BCUT2D eigenvalue weighted by atomic mass is 127. The molecule has 2 N–H and O–H groups in total. The SMILES string of the molecule is CCNC(=NCc1ccnc(N(C)C)c1)NC(C)c1ccc(C)c(F)c1.I. The Morgan fingerprint density at radius 3 is 2.63 bits per heavy atom. The molecule has 7 heteroatoms. The second-order valence-electron chi connectivity index (χ2n) is 6.49. The molecular weight excluding hydrogens is 456 g/mol. The van der Waals surface area contributed by atoms with Crippen molar-refractivity contribution in [2.75, 3.05) is 25.5 Å². The van der Waals surface area contributed by atoms with Crippen molar-refractivity contribution in [2.24, 2.45) is 4.99 Å². The van der Waals surface area contributed by atoms with Gasteiger partial charge in [-0.2, -0.15) is 0 Å². The molecule has 2 rings (SSSR count). The van der Waals surface area contributed by atoms with Gasteiger partial charge >= 0.3 is 0 Å². The van der Waals surface area contributed by atoms with E-state index in [-0.39, 0.29) is 35.8 Å². The third-order valence-electron chi connectivity index (χ3n) is 4.08. The largest absolute Gasteiger partial charge is 0.363 e. The molecule has 0 amide bonds. The van der Waals surface area contributed by atoms with Gasteiger partial charge in [-0.1, -0.05) is 12.1 Å². The molecule has 2 aromatic rings. The van der Waals surface area contributed by atoms with Crippen LogP contribution in [0.15, 0.2) is 41.5 Å². The van der Waals surface area contributed by atoms with E-state index in [0.29, 0.717) is 18.1 Å². The molecule has 0 aliphatic rings. The molecule has 1 unspecified atom stereocenters. The predicted octanol–water partition coefficient (Wildman–Crippen LogP) is 4.03. The Balaban J connectivity index is 0.00000364.